The Morgan fingerprint density at radius 3 is 2.70 bits per heavy atom. The molecule has 6 nitrogen and oxygen atoms in total. The Hall–Kier alpha value is -2.52. The number of amides is 2. The maximum atomic E-state index is 12.5. The molecule has 1 N–H and O–H groups in total. The molecule has 0 aromatic heterocycles. The molecule has 1 heterocycles. The summed E-state index contributed by atoms with van der Waals surface area (Å²) >= 11 is 0. The molecule has 1 aliphatic heterocycles. The van der Waals surface area contributed by atoms with E-state index in [2.05, 4.69) is 11.2 Å². The fraction of sp³-hybridized carbons (Fsp3) is 0.412. The zero-order valence-corrected chi connectivity index (χ0v) is 13.2. The molecule has 122 valence electrons. The number of rotatable bonds is 5. The van der Waals surface area contributed by atoms with Gasteiger partial charge in [-0.05, 0) is 18.2 Å². The minimum atomic E-state index is -0.0875. The van der Waals surface area contributed by atoms with Crippen LogP contribution in [0.3, 0.4) is 0 Å². The van der Waals surface area contributed by atoms with Gasteiger partial charge in [0, 0.05) is 31.7 Å². The number of piperazine rings is 1. The van der Waals surface area contributed by atoms with Crippen LogP contribution < -0.4 is 10.1 Å². The van der Waals surface area contributed by atoms with E-state index < -0.39 is 0 Å². The summed E-state index contributed by atoms with van der Waals surface area (Å²) in [5, 5.41) is 2.64. The molecule has 1 aliphatic rings. The van der Waals surface area contributed by atoms with Crippen LogP contribution in [0.15, 0.2) is 24.3 Å². The van der Waals surface area contributed by atoms with Crippen LogP contribution in [0.25, 0.3) is 0 Å². The summed E-state index contributed by atoms with van der Waals surface area (Å²) in [5.41, 5.74) is 0.615. The minimum absolute atomic E-state index is 0.0136. The van der Waals surface area contributed by atoms with Gasteiger partial charge in [0.15, 0.2) is 0 Å². The first kappa shape index (κ1) is 16.8. The van der Waals surface area contributed by atoms with Gasteiger partial charge in [0.2, 0.25) is 5.91 Å². The van der Waals surface area contributed by atoms with Crippen molar-refractivity contribution in [1.82, 2.24) is 15.1 Å². The normalized spacial score (nSPS) is 14.9. The molecular weight excluding hydrogens is 294 g/mol. The second kappa shape index (κ2) is 8.20. The van der Waals surface area contributed by atoms with Crippen molar-refractivity contribution in [3.05, 3.63) is 29.8 Å². The molecule has 1 fully saturated rings. The number of nitrogens with one attached hydrogen (secondary N) is 1. The lowest BCUT2D eigenvalue weighted by Crippen LogP contribution is -2.51. The number of hydrogen-bond acceptors (Lipinski definition) is 4. The summed E-state index contributed by atoms with van der Waals surface area (Å²) in [6, 6.07) is 7.13. The zero-order chi connectivity index (χ0) is 16.7. The lowest BCUT2D eigenvalue weighted by atomic mass is 10.1. The molecular formula is C17H21N3O3. The molecule has 0 atom stereocenters. The quantitative estimate of drug-likeness (QED) is 0.789. The molecule has 2 rings (SSSR count). The molecule has 0 aliphatic carbocycles. The smallest absolute Gasteiger partial charge is 0.254 e. The van der Waals surface area contributed by atoms with E-state index in [4.69, 9.17) is 11.2 Å². The van der Waals surface area contributed by atoms with Crippen molar-refractivity contribution in [3.63, 3.8) is 0 Å². The van der Waals surface area contributed by atoms with E-state index in [-0.39, 0.29) is 18.4 Å². The molecule has 1 aromatic rings. The van der Waals surface area contributed by atoms with Gasteiger partial charge >= 0.3 is 0 Å². The Labute approximate surface area is 136 Å². The van der Waals surface area contributed by atoms with E-state index in [0.29, 0.717) is 44.0 Å². The first-order valence-electron chi connectivity index (χ1n) is 7.50. The van der Waals surface area contributed by atoms with Gasteiger partial charge in [-0.2, -0.15) is 0 Å². The number of ether oxygens (including phenoxy) is 1. The van der Waals surface area contributed by atoms with Crippen LogP contribution in [-0.4, -0.2) is 68.0 Å². The van der Waals surface area contributed by atoms with Crippen molar-refractivity contribution >= 4 is 11.8 Å². The molecule has 1 saturated heterocycles. The van der Waals surface area contributed by atoms with Crippen LogP contribution in [0.2, 0.25) is 0 Å². The van der Waals surface area contributed by atoms with Crippen molar-refractivity contribution in [3.8, 4) is 18.1 Å². The molecule has 1 aromatic carbocycles. The first-order valence-corrected chi connectivity index (χ1v) is 7.50. The number of carbonyl (C=O) groups is 2. The predicted molar refractivity (Wildman–Crippen MR) is 87.2 cm³/mol. The Balaban J connectivity index is 1.85. The van der Waals surface area contributed by atoms with Crippen molar-refractivity contribution < 1.29 is 14.3 Å². The second-order valence-electron chi connectivity index (χ2n) is 5.28. The van der Waals surface area contributed by atoms with E-state index in [1.807, 2.05) is 11.0 Å². The average Bonchev–Trinajstić information content (AvgIpc) is 2.60. The van der Waals surface area contributed by atoms with Gasteiger partial charge in [-0.3, -0.25) is 14.5 Å². The van der Waals surface area contributed by atoms with E-state index in [0.717, 1.165) is 0 Å². The van der Waals surface area contributed by atoms with Crippen LogP contribution in [0, 0.1) is 12.3 Å². The molecule has 0 saturated carbocycles. The van der Waals surface area contributed by atoms with E-state index in [1.165, 1.54) is 0 Å². The summed E-state index contributed by atoms with van der Waals surface area (Å²) in [4.78, 5) is 27.9. The standard InChI is InChI=1S/C17H21N3O3/c1-3-7-18-16(21)13-19-8-10-20(11-9-19)17(22)14-5-4-6-15(12-14)23-2/h1,4-6,12H,7-11,13H2,2H3,(H,18,21). The maximum absolute atomic E-state index is 12.5. The third-order valence-corrected chi connectivity index (χ3v) is 3.73. The summed E-state index contributed by atoms with van der Waals surface area (Å²) in [5.74, 6) is 2.94. The Morgan fingerprint density at radius 2 is 2.04 bits per heavy atom. The van der Waals surface area contributed by atoms with Gasteiger partial charge in [0.05, 0.1) is 20.2 Å². The first-order chi connectivity index (χ1) is 11.1. The lowest BCUT2D eigenvalue weighted by Gasteiger charge is -2.34. The Morgan fingerprint density at radius 1 is 1.30 bits per heavy atom. The zero-order valence-electron chi connectivity index (χ0n) is 13.2. The molecule has 0 spiro atoms. The van der Waals surface area contributed by atoms with Crippen LogP contribution in [0.1, 0.15) is 10.4 Å². The topological polar surface area (TPSA) is 61.9 Å². The van der Waals surface area contributed by atoms with E-state index in [9.17, 15) is 9.59 Å². The molecule has 6 heteroatoms. The number of benzene rings is 1. The highest BCUT2D eigenvalue weighted by Gasteiger charge is 2.23. The van der Waals surface area contributed by atoms with Gasteiger partial charge in [-0.15, -0.1) is 6.42 Å². The fourth-order valence-corrected chi connectivity index (χ4v) is 2.46. The highest BCUT2D eigenvalue weighted by atomic mass is 16.5. The van der Waals surface area contributed by atoms with Gasteiger partial charge in [0.1, 0.15) is 5.75 Å². The summed E-state index contributed by atoms with van der Waals surface area (Å²) < 4.78 is 5.15. The number of hydrogen-bond donors (Lipinski definition) is 1. The molecule has 0 unspecified atom stereocenters. The summed E-state index contributed by atoms with van der Waals surface area (Å²) in [6.07, 6.45) is 5.11. The molecule has 0 bridgehead atoms. The van der Waals surface area contributed by atoms with Gasteiger partial charge in [0.25, 0.3) is 5.91 Å². The molecule has 0 radical (unpaired) electrons. The fourth-order valence-electron chi connectivity index (χ4n) is 2.46. The van der Waals surface area contributed by atoms with Crippen LogP contribution in [0.4, 0.5) is 0 Å². The van der Waals surface area contributed by atoms with Crippen molar-refractivity contribution in [1.29, 1.82) is 0 Å². The highest BCUT2D eigenvalue weighted by molar-refractivity contribution is 5.94. The van der Waals surface area contributed by atoms with Crippen molar-refractivity contribution in [2.75, 3.05) is 46.4 Å². The van der Waals surface area contributed by atoms with Gasteiger partial charge in [-0.25, -0.2) is 0 Å². The summed E-state index contributed by atoms with van der Waals surface area (Å²) in [7, 11) is 1.58. The number of nitrogens with zero attached hydrogens (tertiary/aromatic N) is 2. The maximum Gasteiger partial charge on any atom is 0.254 e. The molecule has 2 amide bonds. The third-order valence-electron chi connectivity index (χ3n) is 3.73. The second-order valence-corrected chi connectivity index (χ2v) is 5.28. The average molecular weight is 315 g/mol. The minimum Gasteiger partial charge on any atom is -0.497 e. The highest BCUT2D eigenvalue weighted by Crippen LogP contribution is 2.15. The third kappa shape index (κ3) is 4.73. The Kier molecular flexibility index (Phi) is 6.01. The summed E-state index contributed by atoms with van der Waals surface area (Å²) in [6.45, 7) is 3.07. The molecule has 23 heavy (non-hydrogen) atoms. The number of terminal acetylenes is 1. The Bertz CT molecular complexity index is 601. The lowest BCUT2D eigenvalue weighted by molar-refractivity contribution is -0.122. The number of carbonyl (C=O) groups excluding carboxylic acids is 2. The number of methoxy groups -OCH3 is 1. The van der Waals surface area contributed by atoms with Crippen LogP contribution in [-0.2, 0) is 4.79 Å². The van der Waals surface area contributed by atoms with Crippen LogP contribution in [0.5, 0.6) is 5.75 Å². The van der Waals surface area contributed by atoms with Crippen molar-refractivity contribution in [2.24, 2.45) is 0 Å². The SMILES string of the molecule is C#CCNC(=O)CN1CCN(C(=O)c2cccc(OC)c2)CC1. The van der Waals surface area contributed by atoms with Gasteiger partial charge in [-0.1, -0.05) is 12.0 Å². The van der Waals surface area contributed by atoms with Gasteiger partial charge < -0.3 is 15.0 Å². The predicted octanol–water partition coefficient (Wildman–Crippen LogP) is 0.202. The monoisotopic (exact) mass is 315 g/mol. The van der Waals surface area contributed by atoms with E-state index in [1.54, 1.807) is 30.2 Å². The van der Waals surface area contributed by atoms with Crippen LogP contribution >= 0.6 is 0 Å². The van der Waals surface area contributed by atoms with Crippen molar-refractivity contribution in [2.45, 2.75) is 0 Å². The largest absolute Gasteiger partial charge is 0.497 e. The van der Waals surface area contributed by atoms with E-state index >= 15 is 0 Å².